The van der Waals surface area contributed by atoms with Crippen LogP contribution in [-0.4, -0.2) is 31.1 Å². The second kappa shape index (κ2) is 9.84. The summed E-state index contributed by atoms with van der Waals surface area (Å²) in [6, 6.07) is 0.557. The molecule has 6 heteroatoms. The lowest BCUT2D eigenvalue weighted by molar-refractivity contribution is 0.236. The molecule has 0 atom stereocenters. The Labute approximate surface area is 92.6 Å². The van der Waals surface area contributed by atoms with Crippen LogP contribution in [0.4, 0.5) is 0 Å². The highest BCUT2D eigenvalue weighted by atomic mass is 35.5. The van der Waals surface area contributed by atoms with Gasteiger partial charge in [-0.15, -0.1) is 37.2 Å². The molecule has 0 saturated carbocycles. The molecule has 0 spiro atoms. The van der Waals surface area contributed by atoms with Crippen LogP contribution in [-0.2, 0) is 0 Å². The first-order chi connectivity index (χ1) is 4.33. The van der Waals surface area contributed by atoms with Gasteiger partial charge in [-0.3, -0.25) is 11.3 Å². The van der Waals surface area contributed by atoms with Crippen molar-refractivity contribution in [2.75, 3.05) is 20.1 Å². The molecule has 0 aromatic carbocycles. The van der Waals surface area contributed by atoms with Crippen molar-refractivity contribution >= 4 is 37.2 Å². The third-order valence-corrected chi connectivity index (χ3v) is 1.95. The molecule has 78 valence electrons. The van der Waals surface area contributed by atoms with Gasteiger partial charge in [-0.05, 0) is 33.0 Å². The van der Waals surface area contributed by atoms with Crippen molar-refractivity contribution in [1.82, 2.24) is 10.3 Å². The Bertz CT molecular complexity index is 86.1. The zero-order valence-corrected chi connectivity index (χ0v) is 9.60. The molecule has 12 heavy (non-hydrogen) atoms. The molecular weight excluding hydrogens is 220 g/mol. The number of nitrogens with zero attached hydrogens (tertiary/aromatic N) is 1. The average molecular weight is 239 g/mol. The number of hydrazine groups is 1. The summed E-state index contributed by atoms with van der Waals surface area (Å²) in [6.45, 7) is 2.35. The smallest absolute Gasteiger partial charge is 0.0234 e. The summed E-state index contributed by atoms with van der Waals surface area (Å²) >= 11 is 0. The molecule has 0 amide bonds. The maximum Gasteiger partial charge on any atom is 0.0234 e. The van der Waals surface area contributed by atoms with E-state index in [0.29, 0.717) is 6.04 Å². The normalized spacial score (nSPS) is 18.5. The second-order valence-electron chi connectivity index (χ2n) is 2.74. The van der Waals surface area contributed by atoms with E-state index in [1.54, 1.807) is 0 Å². The Morgan fingerprint density at radius 1 is 1.17 bits per heavy atom. The lowest BCUT2D eigenvalue weighted by Gasteiger charge is -2.28. The van der Waals surface area contributed by atoms with Gasteiger partial charge >= 0.3 is 0 Å². The number of halogens is 3. The lowest BCUT2D eigenvalue weighted by atomic mass is 10.1. The molecule has 3 N–H and O–H groups in total. The predicted molar refractivity (Wildman–Crippen MR) is 59.6 cm³/mol. The van der Waals surface area contributed by atoms with Gasteiger partial charge in [-0.25, -0.2) is 0 Å². The zero-order chi connectivity index (χ0) is 6.69. The second-order valence-corrected chi connectivity index (χ2v) is 2.74. The Balaban J connectivity index is -0.000000270. The third-order valence-electron chi connectivity index (χ3n) is 1.95. The summed E-state index contributed by atoms with van der Waals surface area (Å²) in [5, 5.41) is 0. The van der Waals surface area contributed by atoms with Crippen molar-refractivity contribution in [3.05, 3.63) is 0 Å². The van der Waals surface area contributed by atoms with Gasteiger partial charge in [0.05, 0.1) is 0 Å². The van der Waals surface area contributed by atoms with Crippen LogP contribution >= 0.6 is 37.2 Å². The fourth-order valence-corrected chi connectivity index (χ4v) is 1.18. The van der Waals surface area contributed by atoms with Gasteiger partial charge in [0.2, 0.25) is 0 Å². The first-order valence-corrected chi connectivity index (χ1v) is 3.47. The zero-order valence-electron chi connectivity index (χ0n) is 7.16. The highest BCUT2D eigenvalue weighted by Crippen LogP contribution is 2.06. The van der Waals surface area contributed by atoms with E-state index in [-0.39, 0.29) is 37.2 Å². The third kappa shape index (κ3) is 6.29. The highest BCUT2D eigenvalue weighted by Gasteiger charge is 2.13. The average Bonchev–Trinajstić information content (AvgIpc) is 1.90. The van der Waals surface area contributed by atoms with E-state index in [2.05, 4.69) is 17.4 Å². The molecule has 1 aliphatic rings. The minimum atomic E-state index is 0. The maximum absolute atomic E-state index is 5.28. The molecular formula is C6H18Cl3N3. The van der Waals surface area contributed by atoms with Gasteiger partial charge in [0.25, 0.3) is 0 Å². The van der Waals surface area contributed by atoms with Gasteiger partial charge in [0.1, 0.15) is 0 Å². The van der Waals surface area contributed by atoms with Gasteiger partial charge in [0, 0.05) is 6.04 Å². The van der Waals surface area contributed by atoms with Crippen molar-refractivity contribution in [2.24, 2.45) is 5.84 Å². The standard InChI is InChI=1S/C6H15N3.3ClH/c1-9-4-2-6(8-7)3-5-9;;;/h6,8H,2-5,7H2,1H3;3*1H. The van der Waals surface area contributed by atoms with Crippen LogP contribution in [0.5, 0.6) is 0 Å². The molecule has 0 aromatic heterocycles. The molecule has 3 nitrogen and oxygen atoms in total. The molecule has 0 bridgehead atoms. The quantitative estimate of drug-likeness (QED) is 0.525. The summed E-state index contributed by atoms with van der Waals surface area (Å²) in [5.74, 6) is 5.28. The van der Waals surface area contributed by atoms with Crippen LogP contribution < -0.4 is 11.3 Å². The number of hydrogen-bond acceptors (Lipinski definition) is 3. The molecule has 1 rings (SSSR count). The van der Waals surface area contributed by atoms with Crippen molar-refractivity contribution in [2.45, 2.75) is 18.9 Å². The van der Waals surface area contributed by atoms with Crippen molar-refractivity contribution < 1.29 is 0 Å². The van der Waals surface area contributed by atoms with Crippen molar-refractivity contribution in [1.29, 1.82) is 0 Å². The fraction of sp³-hybridized carbons (Fsp3) is 1.00. The van der Waals surface area contributed by atoms with Gasteiger partial charge in [0.15, 0.2) is 0 Å². The highest BCUT2D eigenvalue weighted by molar-refractivity contribution is 5.86. The number of likely N-dealkylation sites (tertiary alicyclic amines) is 1. The van der Waals surface area contributed by atoms with E-state index < -0.39 is 0 Å². The van der Waals surface area contributed by atoms with E-state index >= 15 is 0 Å². The first-order valence-electron chi connectivity index (χ1n) is 3.47. The number of hydrogen-bond donors (Lipinski definition) is 2. The molecule has 1 fully saturated rings. The summed E-state index contributed by atoms with van der Waals surface area (Å²) in [4.78, 5) is 2.33. The number of nitrogens with one attached hydrogen (secondary N) is 1. The summed E-state index contributed by atoms with van der Waals surface area (Å²) in [7, 11) is 2.15. The molecule has 0 unspecified atom stereocenters. The van der Waals surface area contributed by atoms with Crippen LogP contribution in [0, 0.1) is 0 Å². The molecule has 0 aromatic rings. The van der Waals surface area contributed by atoms with Crippen LogP contribution in [0.3, 0.4) is 0 Å². The Morgan fingerprint density at radius 2 is 1.58 bits per heavy atom. The van der Waals surface area contributed by atoms with Crippen LogP contribution in [0.25, 0.3) is 0 Å². The minimum Gasteiger partial charge on any atom is -0.306 e. The van der Waals surface area contributed by atoms with Crippen LogP contribution in [0.2, 0.25) is 0 Å². The molecule has 0 radical (unpaired) electrons. The van der Waals surface area contributed by atoms with E-state index in [9.17, 15) is 0 Å². The Hall–Kier alpha value is 0.750. The fourth-order valence-electron chi connectivity index (χ4n) is 1.18. The van der Waals surface area contributed by atoms with Crippen molar-refractivity contribution in [3.8, 4) is 0 Å². The summed E-state index contributed by atoms with van der Waals surface area (Å²) in [6.07, 6.45) is 2.38. The number of nitrogens with two attached hydrogens (primary N) is 1. The summed E-state index contributed by atoms with van der Waals surface area (Å²) < 4.78 is 0. The number of piperidine rings is 1. The van der Waals surface area contributed by atoms with E-state index in [1.807, 2.05) is 0 Å². The van der Waals surface area contributed by atoms with E-state index in [0.717, 1.165) is 0 Å². The largest absolute Gasteiger partial charge is 0.306 e. The minimum absolute atomic E-state index is 0. The predicted octanol–water partition coefficient (Wildman–Crippen LogP) is 0.809. The SMILES string of the molecule is CN1CCC(NN)CC1.Cl.Cl.Cl. The topological polar surface area (TPSA) is 41.3 Å². The lowest BCUT2D eigenvalue weighted by Crippen LogP contribution is -2.43. The Morgan fingerprint density at radius 3 is 1.92 bits per heavy atom. The Kier molecular flexibility index (Phi) is 15.2. The van der Waals surface area contributed by atoms with Crippen molar-refractivity contribution in [3.63, 3.8) is 0 Å². The van der Waals surface area contributed by atoms with Gasteiger partial charge < -0.3 is 4.90 Å². The van der Waals surface area contributed by atoms with Gasteiger partial charge in [-0.2, -0.15) is 0 Å². The molecule has 1 saturated heterocycles. The van der Waals surface area contributed by atoms with Crippen LogP contribution in [0.1, 0.15) is 12.8 Å². The monoisotopic (exact) mass is 237 g/mol. The number of rotatable bonds is 1. The van der Waals surface area contributed by atoms with E-state index in [1.165, 1.54) is 25.9 Å². The molecule has 1 heterocycles. The first kappa shape index (κ1) is 18.5. The molecule has 1 aliphatic heterocycles. The maximum atomic E-state index is 5.28. The van der Waals surface area contributed by atoms with Crippen LogP contribution in [0.15, 0.2) is 0 Å². The summed E-state index contributed by atoms with van der Waals surface area (Å²) in [5.41, 5.74) is 2.80. The van der Waals surface area contributed by atoms with E-state index in [4.69, 9.17) is 5.84 Å². The van der Waals surface area contributed by atoms with Gasteiger partial charge in [-0.1, -0.05) is 0 Å². The molecule has 0 aliphatic carbocycles.